The van der Waals surface area contributed by atoms with Crippen molar-refractivity contribution in [2.45, 2.75) is 26.7 Å². The molecule has 0 atom stereocenters. The van der Waals surface area contributed by atoms with Crippen molar-refractivity contribution in [3.05, 3.63) is 29.6 Å². The number of rotatable bonds is 2. The third-order valence-electron chi connectivity index (χ3n) is 2.93. The average Bonchev–Trinajstić information content (AvgIpc) is 2.64. The quantitative estimate of drug-likeness (QED) is 0.806. The van der Waals surface area contributed by atoms with E-state index in [4.69, 9.17) is 5.73 Å². The van der Waals surface area contributed by atoms with Crippen LogP contribution in [0.15, 0.2) is 18.2 Å². The topological polar surface area (TPSA) is 56.7 Å². The molecule has 0 aliphatic carbocycles. The van der Waals surface area contributed by atoms with Crippen LogP contribution >= 0.6 is 0 Å². The average molecular weight is 230 g/mol. The number of benzene rings is 1. The molecule has 0 bridgehead atoms. The summed E-state index contributed by atoms with van der Waals surface area (Å²) in [6.45, 7) is 6.22. The summed E-state index contributed by atoms with van der Waals surface area (Å²) >= 11 is 0. The Bertz CT molecular complexity index is 540. The molecule has 17 heavy (non-hydrogen) atoms. The number of hydrogen-bond donors (Lipinski definition) is 1. The van der Waals surface area contributed by atoms with Crippen LogP contribution in [-0.4, -0.2) is 14.8 Å². The molecule has 0 saturated heterocycles. The number of nitrogen functional groups attached to an aromatic ring is 1. The van der Waals surface area contributed by atoms with Gasteiger partial charge in [0.05, 0.1) is 0 Å². The molecule has 90 valence electrons. The molecular weight excluding hydrogens is 212 g/mol. The lowest BCUT2D eigenvalue weighted by atomic mass is 10.1. The molecule has 2 N–H and O–H groups in total. The van der Waals surface area contributed by atoms with Gasteiger partial charge < -0.3 is 5.73 Å². The van der Waals surface area contributed by atoms with Crippen molar-refractivity contribution in [2.75, 3.05) is 5.73 Å². The molecule has 1 aromatic heterocycles. The predicted molar refractivity (Wildman–Crippen MR) is 69.7 cm³/mol. The van der Waals surface area contributed by atoms with Crippen molar-refractivity contribution in [1.82, 2.24) is 14.8 Å². The molecule has 1 aromatic carbocycles. The van der Waals surface area contributed by atoms with E-state index in [1.54, 1.807) is 0 Å². The van der Waals surface area contributed by atoms with Gasteiger partial charge in [-0.1, -0.05) is 26.0 Å². The Balaban J connectivity index is 2.54. The zero-order valence-corrected chi connectivity index (χ0v) is 10.7. The summed E-state index contributed by atoms with van der Waals surface area (Å²) in [6, 6.07) is 5.83. The summed E-state index contributed by atoms with van der Waals surface area (Å²) in [5.41, 5.74) is 8.72. The van der Waals surface area contributed by atoms with Crippen LogP contribution in [0, 0.1) is 6.92 Å². The molecule has 4 nitrogen and oxygen atoms in total. The van der Waals surface area contributed by atoms with E-state index in [-0.39, 0.29) is 0 Å². The van der Waals surface area contributed by atoms with Crippen LogP contribution < -0.4 is 5.73 Å². The molecule has 2 rings (SSSR count). The first-order valence-electron chi connectivity index (χ1n) is 5.77. The van der Waals surface area contributed by atoms with Crippen LogP contribution in [0.5, 0.6) is 0 Å². The second-order valence-electron chi connectivity index (χ2n) is 4.59. The van der Waals surface area contributed by atoms with E-state index in [1.165, 1.54) is 0 Å². The van der Waals surface area contributed by atoms with Crippen LogP contribution in [0.4, 0.5) is 5.69 Å². The first-order valence-corrected chi connectivity index (χ1v) is 5.77. The van der Waals surface area contributed by atoms with Crippen molar-refractivity contribution in [2.24, 2.45) is 7.05 Å². The van der Waals surface area contributed by atoms with Gasteiger partial charge in [-0.05, 0) is 18.6 Å². The molecule has 0 aliphatic heterocycles. The maximum Gasteiger partial charge on any atom is 0.181 e. The zero-order valence-electron chi connectivity index (χ0n) is 10.7. The lowest BCUT2D eigenvalue weighted by molar-refractivity contribution is 0.655. The molecule has 0 radical (unpaired) electrons. The summed E-state index contributed by atoms with van der Waals surface area (Å²) in [7, 11) is 1.92. The Morgan fingerprint density at radius 1 is 1.29 bits per heavy atom. The molecule has 0 amide bonds. The number of anilines is 1. The molecule has 2 aromatic rings. The van der Waals surface area contributed by atoms with Gasteiger partial charge in [0.25, 0.3) is 0 Å². The molecular formula is C13H18N4. The fourth-order valence-electron chi connectivity index (χ4n) is 1.91. The summed E-state index contributed by atoms with van der Waals surface area (Å²) in [6.07, 6.45) is 0. The van der Waals surface area contributed by atoms with E-state index in [1.807, 2.05) is 36.9 Å². The molecule has 0 fully saturated rings. The summed E-state index contributed by atoms with van der Waals surface area (Å²) in [5, 5.41) is 4.45. The normalized spacial score (nSPS) is 11.1. The van der Waals surface area contributed by atoms with Crippen LogP contribution in [0.25, 0.3) is 11.4 Å². The molecule has 4 heteroatoms. The Kier molecular flexibility index (Phi) is 2.88. The lowest BCUT2D eigenvalue weighted by Crippen LogP contribution is -2.00. The van der Waals surface area contributed by atoms with E-state index >= 15 is 0 Å². The molecule has 0 aliphatic rings. The monoisotopic (exact) mass is 230 g/mol. The highest BCUT2D eigenvalue weighted by molar-refractivity contribution is 5.67. The van der Waals surface area contributed by atoms with Gasteiger partial charge >= 0.3 is 0 Å². The largest absolute Gasteiger partial charge is 0.398 e. The molecule has 0 spiro atoms. The molecule has 0 saturated carbocycles. The van der Waals surface area contributed by atoms with E-state index in [9.17, 15) is 0 Å². The predicted octanol–water partition coefficient (Wildman–Crippen LogP) is 2.50. The highest BCUT2D eigenvalue weighted by atomic mass is 15.3. The number of aryl methyl sites for hydroxylation is 1. The van der Waals surface area contributed by atoms with Crippen LogP contribution in [-0.2, 0) is 7.05 Å². The number of aromatic nitrogens is 3. The SMILES string of the molecule is Cc1c(N)cccc1-c1nc(C(C)C)n(C)n1. The van der Waals surface area contributed by atoms with Gasteiger partial charge in [0.1, 0.15) is 5.82 Å². The Hall–Kier alpha value is -1.84. The first-order chi connectivity index (χ1) is 8.00. The van der Waals surface area contributed by atoms with Crippen molar-refractivity contribution < 1.29 is 0 Å². The lowest BCUT2D eigenvalue weighted by Gasteiger charge is -2.04. The van der Waals surface area contributed by atoms with Crippen molar-refractivity contribution in [3.63, 3.8) is 0 Å². The standard InChI is InChI=1S/C13H18N4/c1-8(2)13-15-12(16-17(13)4)10-6-5-7-11(14)9(10)3/h5-8H,14H2,1-4H3. The van der Waals surface area contributed by atoms with Crippen molar-refractivity contribution in [1.29, 1.82) is 0 Å². The number of hydrogen-bond acceptors (Lipinski definition) is 3. The second-order valence-corrected chi connectivity index (χ2v) is 4.59. The maximum absolute atomic E-state index is 5.90. The van der Waals surface area contributed by atoms with Gasteiger partial charge in [0, 0.05) is 24.2 Å². The third kappa shape index (κ3) is 2.02. The maximum atomic E-state index is 5.90. The minimum Gasteiger partial charge on any atom is -0.398 e. The third-order valence-corrected chi connectivity index (χ3v) is 2.93. The van der Waals surface area contributed by atoms with Gasteiger partial charge in [-0.3, -0.25) is 4.68 Å². The highest BCUT2D eigenvalue weighted by Crippen LogP contribution is 2.25. The van der Waals surface area contributed by atoms with Gasteiger partial charge in [0.2, 0.25) is 0 Å². The fraction of sp³-hybridized carbons (Fsp3) is 0.385. The van der Waals surface area contributed by atoms with Crippen molar-refractivity contribution in [3.8, 4) is 11.4 Å². The number of nitrogens with two attached hydrogens (primary N) is 1. The minimum atomic E-state index is 0.364. The van der Waals surface area contributed by atoms with E-state index in [0.717, 1.165) is 28.5 Å². The number of nitrogens with zero attached hydrogens (tertiary/aromatic N) is 3. The molecule has 1 heterocycles. The van der Waals surface area contributed by atoms with Gasteiger partial charge in [-0.25, -0.2) is 4.98 Å². The fourth-order valence-corrected chi connectivity index (χ4v) is 1.91. The zero-order chi connectivity index (χ0) is 12.6. The summed E-state index contributed by atoms with van der Waals surface area (Å²) in [5.74, 6) is 2.10. The van der Waals surface area contributed by atoms with Gasteiger partial charge in [-0.2, -0.15) is 5.10 Å². The first kappa shape index (κ1) is 11.6. The Morgan fingerprint density at radius 2 is 2.00 bits per heavy atom. The summed E-state index contributed by atoms with van der Waals surface area (Å²) in [4.78, 5) is 4.58. The minimum absolute atomic E-state index is 0.364. The van der Waals surface area contributed by atoms with Gasteiger partial charge in [0.15, 0.2) is 5.82 Å². The van der Waals surface area contributed by atoms with Crippen molar-refractivity contribution >= 4 is 5.69 Å². The second kappa shape index (κ2) is 4.20. The Morgan fingerprint density at radius 3 is 2.59 bits per heavy atom. The van der Waals surface area contributed by atoms with E-state index < -0.39 is 0 Å². The van der Waals surface area contributed by atoms with Crippen LogP contribution in [0.2, 0.25) is 0 Å². The smallest absolute Gasteiger partial charge is 0.181 e. The van der Waals surface area contributed by atoms with E-state index in [0.29, 0.717) is 5.92 Å². The highest BCUT2D eigenvalue weighted by Gasteiger charge is 2.14. The summed E-state index contributed by atoms with van der Waals surface area (Å²) < 4.78 is 1.84. The van der Waals surface area contributed by atoms with E-state index in [2.05, 4.69) is 23.9 Å². The van der Waals surface area contributed by atoms with Crippen LogP contribution in [0.3, 0.4) is 0 Å². The van der Waals surface area contributed by atoms with Crippen LogP contribution in [0.1, 0.15) is 31.2 Å². The Labute approximate surface area is 101 Å². The molecule has 0 unspecified atom stereocenters. The van der Waals surface area contributed by atoms with Gasteiger partial charge in [-0.15, -0.1) is 0 Å².